The van der Waals surface area contributed by atoms with Gasteiger partial charge in [-0.1, -0.05) is 18.2 Å². The predicted molar refractivity (Wildman–Crippen MR) is 85.6 cm³/mol. The summed E-state index contributed by atoms with van der Waals surface area (Å²) in [5.74, 6) is -1.75. The second-order valence-corrected chi connectivity index (χ2v) is 5.14. The van der Waals surface area contributed by atoms with Gasteiger partial charge in [0.05, 0.1) is 17.7 Å². The van der Waals surface area contributed by atoms with Crippen LogP contribution >= 0.6 is 0 Å². The Morgan fingerprint density at radius 3 is 2.38 bits per heavy atom. The molecule has 2 aromatic carbocycles. The smallest absolute Gasteiger partial charge is 0.259 e. The lowest BCUT2D eigenvalue weighted by Crippen LogP contribution is -2.32. The highest BCUT2D eigenvalue weighted by Gasteiger charge is 2.26. The first-order valence-electron chi connectivity index (χ1n) is 7.17. The van der Waals surface area contributed by atoms with Crippen molar-refractivity contribution < 1.29 is 19.2 Å². The second-order valence-electron chi connectivity index (χ2n) is 5.14. The number of carbonyl (C=O) groups is 4. The van der Waals surface area contributed by atoms with Gasteiger partial charge in [-0.25, -0.2) is 0 Å². The van der Waals surface area contributed by atoms with Gasteiger partial charge in [-0.2, -0.15) is 0 Å². The fourth-order valence-electron chi connectivity index (χ4n) is 2.30. The average molecular weight is 323 g/mol. The molecule has 0 spiro atoms. The number of hydrogen-bond donors (Lipinski definition) is 3. The molecule has 0 saturated heterocycles. The van der Waals surface area contributed by atoms with Crippen molar-refractivity contribution in [3.05, 3.63) is 65.2 Å². The number of nitrogens with one attached hydrogen (secondary N) is 3. The zero-order valence-corrected chi connectivity index (χ0v) is 12.5. The number of imide groups is 1. The summed E-state index contributed by atoms with van der Waals surface area (Å²) in [4.78, 5) is 46.8. The van der Waals surface area contributed by atoms with E-state index >= 15 is 0 Å². The summed E-state index contributed by atoms with van der Waals surface area (Å²) in [6.45, 7) is -0.212. The lowest BCUT2D eigenvalue weighted by atomic mass is 10.1. The number of hydrogen-bond acceptors (Lipinski definition) is 4. The SMILES string of the molecule is O=C(CNC(=O)c1ccccc1)Nc1ccc2c(c1)C(=O)NC2=O. The maximum absolute atomic E-state index is 11.9. The molecular formula is C17H13N3O4. The Balaban J connectivity index is 1.60. The minimum Gasteiger partial charge on any atom is -0.343 e. The van der Waals surface area contributed by atoms with E-state index in [1.54, 1.807) is 30.3 Å². The van der Waals surface area contributed by atoms with Gasteiger partial charge in [0.15, 0.2) is 0 Å². The van der Waals surface area contributed by atoms with E-state index in [1.165, 1.54) is 18.2 Å². The average Bonchev–Trinajstić information content (AvgIpc) is 2.87. The third-order valence-corrected chi connectivity index (χ3v) is 3.47. The molecule has 0 bridgehead atoms. The summed E-state index contributed by atoms with van der Waals surface area (Å²) in [5, 5.41) is 7.25. The van der Waals surface area contributed by atoms with Crippen molar-refractivity contribution in [2.24, 2.45) is 0 Å². The molecule has 1 heterocycles. The molecule has 4 amide bonds. The van der Waals surface area contributed by atoms with Crippen molar-refractivity contribution >= 4 is 29.3 Å². The van der Waals surface area contributed by atoms with E-state index in [0.29, 0.717) is 11.3 Å². The van der Waals surface area contributed by atoms with Gasteiger partial charge in [-0.3, -0.25) is 24.5 Å². The lowest BCUT2D eigenvalue weighted by molar-refractivity contribution is -0.115. The van der Waals surface area contributed by atoms with Crippen LogP contribution in [0, 0.1) is 0 Å². The third kappa shape index (κ3) is 3.14. The molecule has 3 N–H and O–H groups in total. The molecule has 0 atom stereocenters. The van der Waals surface area contributed by atoms with E-state index < -0.39 is 17.7 Å². The Morgan fingerprint density at radius 1 is 0.917 bits per heavy atom. The van der Waals surface area contributed by atoms with Gasteiger partial charge in [0, 0.05) is 11.3 Å². The van der Waals surface area contributed by atoms with Gasteiger partial charge in [0.1, 0.15) is 0 Å². The van der Waals surface area contributed by atoms with Crippen LogP contribution in [0.4, 0.5) is 5.69 Å². The highest BCUT2D eigenvalue weighted by molar-refractivity contribution is 6.22. The highest BCUT2D eigenvalue weighted by Crippen LogP contribution is 2.20. The van der Waals surface area contributed by atoms with Crippen LogP contribution in [0.1, 0.15) is 31.1 Å². The summed E-state index contributed by atoms with van der Waals surface area (Å²) < 4.78 is 0. The Kier molecular flexibility index (Phi) is 4.07. The first-order valence-corrected chi connectivity index (χ1v) is 7.17. The molecule has 0 saturated carbocycles. The van der Waals surface area contributed by atoms with E-state index in [9.17, 15) is 19.2 Å². The number of amides is 4. The Morgan fingerprint density at radius 2 is 1.62 bits per heavy atom. The van der Waals surface area contributed by atoms with Crippen LogP contribution in [0.5, 0.6) is 0 Å². The molecule has 0 radical (unpaired) electrons. The number of carbonyl (C=O) groups excluding carboxylic acids is 4. The largest absolute Gasteiger partial charge is 0.343 e. The van der Waals surface area contributed by atoms with E-state index in [4.69, 9.17) is 0 Å². The van der Waals surface area contributed by atoms with Crippen LogP contribution < -0.4 is 16.0 Å². The third-order valence-electron chi connectivity index (χ3n) is 3.47. The van der Waals surface area contributed by atoms with Crippen LogP contribution in [-0.4, -0.2) is 30.2 Å². The minimum absolute atomic E-state index is 0.212. The molecule has 0 unspecified atom stereocenters. The summed E-state index contributed by atoms with van der Waals surface area (Å²) >= 11 is 0. The van der Waals surface area contributed by atoms with Crippen molar-refractivity contribution in [3.63, 3.8) is 0 Å². The maximum Gasteiger partial charge on any atom is 0.259 e. The normalized spacial score (nSPS) is 12.3. The van der Waals surface area contributed by atoms with Crippen LogP contribution in [0.15, 0.2) is 48.5 Å². The van der Waals surface area contributed by atoms with Crippen LogP contribution in [-0.2, 0) is 4.79 Å². The number of fused-ring (bicyclic) bond motifs is 1. The van der Waals surface area contributed by atoms with Crippen molar-refractivity contribution in [1.29, 1.82) is 0 Å². The standard InChI is InChI=1S/C17H13N3O4/c21-14(9-18-15(22)10-4-2-1-3-5-10)19-11-6-7-12-13(8-11)17(24)20-16(12)23/h1-8H,9H2,(H,18,22)(H,19,21)(H,20,23,24). The monoisotopic (exact) mass is 323 g/mol. The Labute approximate surface area is 137 Å². The summed E-state index contributed by atoms with van der Waals surface area (Å²) in [5.41, 5.74) is 1.32. The summed E-state index contributed by atoms with van der Waals surface area (Å²) in [6.07, 6.45) is 0. The number of rotatable bonds is 4. The molecule has 1 aliphatic rings. The fraction of sp³-hybridized carbons (Fsp3) is 0.0588. The quantitative estimate of drug-likeness (QED) is 0.728. The summed E-state index contributed by atoms with van der Waals surface area (Å²) in [7, 11) is 0. The first-order chi connectivity index (χ1) is 11.5. The Bertz CT molecular complexity index is 846. The second kappa shape index (κ2) is 6.33. The van der Waals surface area contributed by atoms with Crippen molar-refractivity contribution in [2.75, 3.05) is 11.9 Å². The van der Waals surface area contributed by atoms with Crippen molar-refractivity contribution in [2.45, 2.75) is 0 Å². The Hall–Kier alpha value is -3.48. The minimum atomic E-state index is -0.497. The van der Waals surface area contributed by atoms with Gasteiger partial charge >= 0.3 is 0 Å². The molecule has 3 rings (SSSR count). The van der Waals surface area contributed by atoms with Gasteiger partial charge in [0.2, 0.25) is 5.91 Å². The molecule has 7 nitrogen and oxygen atoms in total. The maximum atomic E-state index is 11.9. The van der Waals surface area contributed by atoms with Gasteiger partial charge in [-0.15, -0.1) is 0 Å². The zero-order chi connectivity index (χ0) is 17.1. The topological polar surface area (TPSA) is 104 Å². The van der Waals surface area contributed by atoms with E-state index in [0.717, 1.165) is 0 Å². The van der Waals surface area contributed by atoms with Gasteiger partial charge in [-0.05, 0) is 30.3 Å². The fourth-order valence-corrected chi connectivity index (χ4v) is 2.30. The van der Waals surface area contributed by atoms with E-state index in [1.807, 2.05) is 0 Å². The summed E-state index contributed by atoms with van der Waals surface area (Å²) in [6, 6.07) is 12.9. The molecule has 24 heavy (non-hydrogen) atoms. The van der Waals surface area contributed by atoms with Crippen molar-refractivity contribution in [1.82, 2.24) is 10.6 Å². The molecule has 120 valence electrons. The molecular weight excluding hydrogens is 310 g/mol. The van der Waals surface area contributed by atoms with Crippen molar-refractivity contribution in [3.8, 4) is 0 Å². The number of benzene rings is 2. The van der Waals surface area contributed by atoms with Crippen LogP contribution in [0.3, 0.4) is 0 Å². The first kappa shape index (κ1) is 15.4. The molecule has 0 aromatic heterocycles. The molecule has 0 aliphatic carbocycles. The molecule has 0 fully saturated rings. The van der Waals surface area contributed by atoms with Crippen LogP contribution in [0.25, 0.3) is 0 Å². The van der Waals surface area contributed by atoms with Crippen LogP contribution in [0.2, 0.25) is 0 Å². The van der Waals surface area contributed by atoms with E-state index in [-0.39, 0.29) is 23.6 Å². The zero-order valence-electron chi connectivity index (χ0n) is 12.5. The predicted octanol–water partition coefficient (Wildman–Crippen LogP) is 0.939. The molecule has 1 aliphatic heterocycles. The lowest BCUT2D eigenvalue weighted by Gasteiger charge is -2.07. The van der Waals surface area contributed by atoms with Gasteiger partial charge in [0.25, 0.3) is 17.7 Å². The number of anilines is 1. The highest BCUT2D eigenvalue weighted by atomic mass is 16.2. The molecule has 7 heteroatoms. The molecule has 2 aromatic rings. The van der Waals surface area contributed by atoms with E-state index in [2.05, 4.69) is 16.0 Å². The van der Waals surface area contributed by atoms with Gasteiger partial charge < -0.3 is 10.6 Å².